The van der Waals surface area contributed by atoms with Crippen LogP contribution in [0.1, 0.15) is 36.5 Å². The molecule has 1 aliphatic rings. The van der Waals surface area contributed by atoms with Gasteiger partial charge in [0.15, 0.2) is 5.82 Å². The van der Waals surface area contributed by atoms with E-state index in [2.05, 4.69) is 16.8 Å². The van der Waals surface area contributed by atoms with Gasteiger partial charge in [-0.15, -0.1) is 0 Å². The second-order valence-corrected chi connectivity index (χ2v) is 6.09. The first-order valence-electron chi connectivity index (χ1n) is 8.75. The van der Waals surface area contributed by atoms with Crippen LogP contribution in [0.4, 0.5) is 0 Å². The van der Waals surface area contributed by atoms with Gasteiger partial charge in [-0.25, -0.2) is 4.98 Å². The molecule has 142 valence electrons. The highest BCUT2D eigenvalue weighted by Gasteiger charge is 2.42. The first kappa shape index (κ1) is 20.2. The average Bonchev–Trinajstić information content (AvgIpc) is 3.18. The first-order valence-corrected chi connectivity index (χ1v) is 8.75. The number of aryl methyl sites for hydroxylation is 1. The quantitative estimate of drug-likeness (QED) is 0.777. The van der Waals surface area contributed by atoms with Gasteiger partial charge in [-0.05, 0) is 12.1 Å². The van der Waals surface area contributed by atoms with Gasteiger partial charge in [0.25, 0.3) is 11.8 Å². The van der Waals surface area contributed by atoms with E-state index >= 15 is 0 Å². The molecule has 0 bridgehead atoms. The molecule has 1 aromatic heterocycles. The summed E-state index contributed by atoms with van der Waals surface area (Å²) in [4.78, 5) is 29.0. The summed E-state index contributed by atoms with van der Waals surface area (Å²) in [5.41, 5.74) is 5.65. The van der Waals surface area contributed by atoms with Crippen molar-refractivity contribution in [1.29, 1.82) is 0 Å². The van der Waals surface area contributed by atoms with Gasteiger partial charge in [0.05, 0.1) is 5.69 Å². The number of likely N-dealkylation sites (tertiary alicyclic amines) is 1. The van der Waals surface area contributed by atoms with E-state index in [4.69, 9.17) is 5.73 Å². The molecule has 3 rings (SSSR count). The number of carbonyl (C=O) groups is 2. The van der Waals surface area contributed by atoms with Crippen LogP contribution in [-0.2, 0) is 11.8 Å². The van der Waals surface area contributed by atoms with Crippen molar-refractivity contribution in [2.45, 2.75) is 25.9 Å². The number of carbonyl (C=O) groups excluding carboxylic acids is 2. The van der Waals surface area contributed by atoms with Crippen LogP contribution in [0.2, 0.25) is 0 Å². The lowest BCUT2D eigenvalue weighted by Gasteiger charge is -2.13. The minimum Gasteiger partial charge on any atom is -0.369 e. The number of hydrogen-bond donors (Lipinski definition) is 2. The molecule has 1 fully saturated rings. The Balaban J connectivity index is 0.00000126. The molecule has 0 spiro atoms. The normalized spacial score (nSPS) is 18.4. The van der Waals surface area contributed by atoms with Crippen LogP contribution in [0, 0.1) is 11.8 Å². The molecule has 2 amide bonds. The molecule has 1 aromatic carbocycles. The van der Waals surface area contributed by atoms with Gasteiger partial charge >= 0.3 is 0 Å². The molecule has 27 heavy (non-hydrogen) atoms. The molecule has 2 heterocycles. The Bertz CT molecular complexity index is 923. The molecule has 0 saturated carbocycles. The van der Waals surface area contributed by atoms with E-state index in [1.807, 2.05) is 19.9 Å². The van der Waals surface area contributed by atoms with Crippen molar-refractivity contribution in [3.05, 3.63) is 41.9 Å². The van der Waals surface area contributed by atoms with Crippen LogP contribution >= 0.6 is 0 Å². The van der Waals surface area contributed by atoms with Crippen LogP contribution in [-0.4, -0.2) is 50.6 Å². The van der Waals surface area contributed by atoms with Crippen molar-refractivity contribution >= 4 is 11.8 Å². The number of benzene rings is 1. The molecule has 1 unspecified atom stereocenters. The van der Waals surface area contributed by atoms with Gasteiger partial charge in [-0.3, -0.25) is 9.59 Å². The lowest BCUT2D eigenvalue weighted by molar-refractivity contribution is -0.137. The molecule has 7 nitrogen and oxygen atoms in total. The maximum atomic E-state index is 12.0. The van der Waals surface area contributed by atoms with Gasteiger partial charge in [0.2, 0.25) is 5.60 Å². The average molecular weight is 368 g/mol. The van der Waals surface area contributed by atoms with Gasteiger partial charge in [0, 0.05) is 44.4 Å². The minimum atomic E-state index is -1.63. The summed E-state index contributed by atoms with van der Waals surface area (Å²) in [6.07, 6.45) is 1.99. The summed E-state index contributed by atoms with van der Waals surface area (Å²) in [7, 11) is 3.33. The Hall–Kier alpha value is -3.11. The number of aromatic nitrogens is 2. The summed E-state index contributed by atoms with van der Waals surface area (Å²) in [5, 5.41) is 10.3. The standard InChI is InChI=1S/C18H18N4O3.C2H6/c1-21-9-8-18(25,17(21)24)7-6-12-4-3-5-13(10-12)14-11-22(2)16(20-14)15(19)23;1-2/h3-5,10-11,25H,8-9H2,1-2H3,(H2,19,23);1-2H3. The van der Waals surface area contributed by atoms with Crippen LogP contribution in [0.3, 0.4) is 0 Å². The van der Waals surface area contributed by atoms with E-state index in [9.17, 15) is 14.7 Å². The van der Waals surface area contributed by atoms with Crippen molar-refractivity contribution in [2.75, 3.05) is 13.6 Å². The zero-order valence-electron chi connectivity index (χ0n) is 16.0. The van der Waals surface area contributed by atoms with Crippen molar-refractivity contribution in [2.24, 2.45) is 12.8 Å². The second kappa shape index (κ2) is 8.06. The SMILES string of the molecule is CC.CN1CCC(O)(C#Cc2cccc(-c3cn(C)c(C(N)=O)n3)c2)C1=O. The van der Waals surface area contributed by atoms with Crippen LogP contribution in [0.5, 0.6) is 0 Å². The summed E-state index contributed by atoms with van der Waals surface area (Å²) in [6.45, 7) is 4.48. The number of aliphatic hydroxyl groups is 1. The fourth-order valence-corrected chi connectivity index (χ4v) is 2.74. The smallest absolute Gasteiger partial charge is 0.284 e. The molecule has 1 aliphatic heterocycles. The van der Waals surface area contributed by atoms with Gasteiger partial charge in [-0.2, -0.15) is 0 Å². The Morgan fingerprint density at radius 3 is 2.59 bits per heavy atom. The Labute approximate surface area is 158 Å². The second-order valence-electron chi connectivity index (χ2n) is 6.09. The molecule has 7 heteroatoms. The first-order chi connectivity index (χ1) is 12.8. The fourth-order valence-electron chi connectivity index (χ4n) is 2.74. The third-order valence-corrected chi connectivity index (χ3v) is 4.18. The maximum Gasteiger partial charge on any atom is 0.284 e. The molecular formula is C20H24N4O3. The fraction of sp³-hybridized carbons (Fsp3) is 0.350. The van der Waals surface area contributed by atoms with E-state index in [-0.39, 0.29) is 18.2 Å². The largest absolute Gasteiger partial charge is 0.369 e. The van der Waals surface area contributed by atoms with Gasteiger partial charge in [-0.1, -0.05) is 37.8 Å². The minimum absolute atomic E-state index is 0.167. The van der Waals surface area contributed by atoms with E-state index in [0.29, 0.717) is 17.8 Å². The number of nitrogens with two attached hydrogens (primary N) is 1. The number of likely N-dealkylation sites (N-methyl/N-ethyl adjacent to an activating group) is 1. The lowest BCUT2D eigenvalue weighted by atomic mass is 10.0. The summed E-state index contributed by atoms with van der Waals surface area (Å²) < 4.78 is 1.56. The summed E-state index contributed by atoms with van der Waals surface area (Å²) >= 11 is 0. The van der Waals surface area contributed by atoms with Crippen molar-refractivity contribution in [1.82, 2.24) is 14.5 Å². The number of nitrogens with zero attached hydrogens (tertiary/aromatic N) is 3. The van der Waals surface area contributed by atoms with Crippen LogP contribution < -0.4 is 5.73 Å². The highest BCUT2D eigenvalue weighted by molar-refractivity contribution is 5.91. The monoisotopic (exact) mass is 368 g/mol. The predicted octanol–water partition coefficient (Wildman–Crippen LogP) is 1.16. The Morgan fingerprint density at radius 2 is 2.04 bits per heavy atom. The number of rotatable bonds is 2. The Kier molecular flexibility index (Phi) is 6.03. The highest BCUT2D eigenvalue weighted by atomic mass is 16.3. The van der Waals surface area contributed by atoms with E-state index in [1.165, 1.54) is 4.90 Å². The number of primary amides is 1. The topological polar surface area (TPSA) is 101 Å². The molecule has 3 N–H and O–H groups in total. The molecule has 1 saturated heterocycles. The van der Waals surface area contributed by atoms with Gasteiger partial charge in [0.1, 0.15) is 0 Å². The van der Waals surface area contributed by atoms with Gasteiger partial charge < -0.3 is 20.3 Å². The number of hydrogen-bond acceptors (Lipinski definition) is 4. The highest BCUT2D eigenvalue weighted by Crippen LogP contribution is 2.22. The van der Waals surface area contributed by atoms with E-state index in [0.717, 1.165) is 5.56 Å². The third kappa shape index (κ3) is 4.18. The van der Waals surface area contributed by atoms with Crippen LogP contribution in [0.15, 0.2) is 30.5 Å². The molecule has 2 aromatic rings. The summed E-state index contributed by atoms with van der Waals surface area (Å²) in [6, 6.07) is 7.19. The number of amides is 2. The van der Waals surface area contributed by atoms with Crippen molar-refractivity contribution in [3.8, 4) is 23.1 Å². The molecule has 0 radical (unpaired) electrons. The zero-order valence-corrected chi connectivity index (χ0v) is 16.0. The number of imidazole rings is 1. The maximum absolute atomic E-state index is 12.0. The van der Waals surface area contributed by atoms with Crippen molar-refractivity contribution < 1.29 is 14.7 Å². The van der Waals surface area contributed by atoms with Crippen molar-refractivity contribution in [3.63, 3.8) is 0 Å². The molecule has 0 aliphatic carbocycles. The zero-order chi connectivity index (χ0) is 20.2. The Morgan fingerprint density at radius 1 is 1.33 bits per heavy atom. The lowest BCUT2D eigenvalue weighted by Crippen LogP contribution is -2.37. The molecular weight excluding hydrogens is 344 g/mol. The van der Waals surface area contributed by atoms with E-state index < -0.39 is 11.5 Å². The third-order valence-electron chi connectivity index (χ3n) is 4.18. The summed E-state index contributed by atoms with van der Waals surface area (Å²) in [5.74, 6) is 4.72. The predicted molar refractivity (Wildman–Crippen MR) is 103 cm³/mol. The van der Waals surface area contributed by atoms with E-state index in [1.54, 1.807) is 43.1 Å². The van der Waals surface area contributed by atoms with Crippen LogP contribution in [0.25, 0.3) is 11.3 Å². The molecule has 1 atom stereocenters.